The minimum absolute atomic E-state index is 0.0538. The van der Waals surface area contributed by atoms with Crippen molar-refractivity contribution in [1.29, 1.82) is 0 Å². The molecule has 2 rings (SSSR count). The third-order valence-electron chi connectivity index (χ3n) is 3.19. The van der Waals surface area contributed by atoms with E-state index in [9.17, 15) is 8.42 Å². The number of hydrogen-bond acceptors (Lipinski definition) is 5. The number of aryl methyl sites for hydroxylation is 1. The van der Waals surface area contributed by atoms with E-state index in [0.29, 0.717) is 35.9 Å². The van der Waals surface area contributed by atoms with Crippen molar-refractivity contribution in [3.05, 3.63) is 11.4 Å². The number of sulfonamides is 1. The highest BCUT2D eigenvalue weighted by atomic mass is 32.2. The van der Waals surface area contributed by atoms with E-state index in [1.165, 1.54) is 4.31 Å². The van der Waals surface area contributed by atoms with Crippen molar-refractivity contribution in [2.24, 2.45) is 0 Å². The Labute approximate surface area is 117 Å². The first-order valence-electron chi connectivity index (χ1n) is 6.21. The van der Waals surface area contributed by atoms with Crippen molar-refractivity contribution < 1.29 is 13.5 Å². The molecule has 0 radical (unpaired) electrons. The Balaban J connectivity index is 2.39. The average Bonchev–Trinajstić information content (AvgIpc) is 2.66. The van der Waals surface area contributed by atoms with Gasteiger partial charge < -0.3 is 5.11 Å². The van der Waals surface area contributed by atoms with Gasteiger partial charge in [0.25, 0.3) is 0 Å². The van der Waals surface area contributed by atoms with Gasteiger partial charge in [0.15, 0.2) is 0 Å². The molecule has 1 N–H and O–H groups in total. The summed E-state index contributed by atoms with van der Waals surface area (Å²) in [6.45, 7) is 4.81. The van der Waals surface area contributed by atoms with Crippen LogP contribution in [0.5, 0.6) is 0 Å². The molecule has 0 bridgehead atoms. The van der Waals surface area contributed by atoms with Gasteiger partial charge in [0.05, 0.1) is 24.5 Å². The highest BCUT2D eigenvalue weighted by molar-refractivity contribution is 7.99. The quantitative estimate of drug-likeness (QED) is 0.862. The maximum absolute atomic E-state index is 12.6. The third kappa shape index (κ3) is 2.81. The van der Waals surface area contributed by atoms with Gasteiger partial charge in [0.2, 0.25) is 10.0 Å². The summed E-state index contributed by atoms with van der Waals surface area (Å²) < 4.78 is 28.4. The molecule has 6 nitrogen and oxygen atoms in total. The van der Waals surface area contributed by atoms with E-state index in [1.807, 2.05) is 0 Å². The molecule has 0 unspecified atom stereocenters. The Bertz CT molecular complexity index is 548. The fourth-order valence-corrected chi connectivity index (χ4v) is 5.23. The zero-order chi connectivity index (χ0) is 14.0. The second-order valence-corrected chi connectivity index (χ2v) is 7.56. The Kier molecular flexibility index (Phi) is 4.54. The van der Waals surface area contributed by atoms with Crippen LogP contribution in [0.25, 0.3) is 0 Å². The monoisotopic (exact) mass is 305 g/mol. The van der Waals surface area contributed by atoms with Crippen LogP contribution in [0.1, 0.15) is 11.4 Å². The van der Waals surface area contributed by atoms with Gasteiger partial charge in [0, 0.05) is 24.6 Å². The molecule has 1 aliphatic rings. The molecule has 19 heavy (non-hydrogen) atoms. The van der Waals surface area contributed by atoms with Gasteiger partial charge >= 0.3 is 0 Å². The molecule has 0 saturated carbocycles. The molecule has 8 heteroatoms. The number of hydrogen-bond donors (Lipinski definition) is 1. The third-order valence-corrected chi connectivity index (χ3v) is 6.29. The largest absolute Gasteiger partial charge is 0.394 e. The summed E-state index contributed by atoms with van der Waals surface area (Å²) in [5.74, 6) is 1.67. The molecule has 0 aromatic carbocycles. The average molecular weight is 305 g/mol. The predicted octanol–water partition coefficient (Wildman–Crippen LogP) is 0.230. The second kappa shape index (κ2) is 5.82. The molecule has 0 aliphatic carbocycles. The predicted molar refractivity (Wildman–Crippen MR) is 74.9 cm³/mol. The van der Waals surface area contributed by atoms with Gasteiger partial charge in [-0.15, -0.1) is 0 Å². The van der Waals surface area contributed by atoms with E-state index in [1.54, 1.807) is 30.3 Å². The van der Waals surface area contributed by atoms with Crippen LogP contribution in [0.15, 0.2) is 4.90 Å². The van der Waals surface area contributed by atoms with Gasteiger partial charge in [-0.2, -0.15) is 21.2 Å². The first kappa shape index (κ1) is 14.8. The highest BCUT2D eigenvalue weighted by Crippen LogP contribution is 2.25. The first-order chi connectivity index (χ1) is 8.98. The van der Waals surface area contributed by atoms with E-state index in [0.717, 1.165) is 11.5 Å². The summed E-state index contributed by atoms with van der Waals surface area (Å²) in [6, 6.07) is 0. The Morgan fingerprint density at radius 3 is 2.53 bits per heavy atom. The van der Waals surface area contributed by atoms with Crippen LogP contribution in [0, 0.1) is 13.8 Å². The van der Waals surface area contributed by atoms with E-state index in [-0.39, 0.29) is 6.61 Å². The normalized spacial score (nSPS) is 17.8. The zero-order valence-corrected chi connectivity index (χ0v) is 12.8. The number of aliphatic hydroxyl groups excluding tert-OH is 1. The number of aromatic nitrogens is 2. The summed E-state index contributed by atoms with van der Waals surface area (Å²) in [4.78, 5) is 0.299. The molecule has 2 heterocycles. The Morgan fingerprint density at radius 1 is 1.32 bits per heavy atom. The van der Waals surface area contributed by atoms with Crippen LogP contribution in [0.4, 0.5) is 0 Å². The number of nitrogens with zero attached hydrogens (tertiary/aromatic N) is 3. The maximum Gasteiger partial charge on any atom is 0.246 e. The second-order valence-electron chi connectivity index (χ2n) is 4.46. The lowest BCUT2D eigenvalue weighted by Gasteiger charge is -2.25. The maximum atomic E-state index is 12.6. The number of aliphatic hydroxyl groups is 1. The summed E-state index contributed by atoms with van der Waals surface area (Å²) in [7, 11) is -3.47. The molecular weight excluding hydrogens is 286 g/mol. The fourth-order valence-electron chi connectivity index (χ4n) is 2.28. The van der Waals surface area contributed by atoms with Crippen molar-refractivity contribution in [3.63, 3.8) is 0 Å². The van der Waals surface area contributed by atoms with Crippen molar-refractivity contribution in [3.8, 4) is 0 Å². The molecule has 0 spiro atoms. The molecule has 1 saturated heterocycles. The van der Waals surface area contributed by atoms with Crippen LogP contribution in [-0.4, -0.2) is 58.8 Å². The fraction of sp³-hybridized carbons (Fsp3) is 0.727. The van der Waals surface area contributed by atoms with Crippen LogP contribution < -0.4 is 0 Å². The summed E-state index contributed by atoms with van der Waals surface area (Å²) in [6.07, 6.45) is 0. The topological polar surface area (TPSA) is 75.4 Å². The number of thioether (sulfide) groups is 1. The van der Waals surface area contributed by atoms with Crippen LogP contribution in [0.2, 0.25) is 0 Å². The lowest BCUT2D eigenvalue weighted by molar-refractivity contribution is 0.267. The molecule has 108 valence electrons. The van der Waals surface area contributed by atoms with E-state index in [4.69, 9.17) is 5.11 Å². The highest BCUT2D eigenvalue weighted by Gasteiger charge is 2.31. The Hall–Kier alpha value is -0.570. The van der Waals surface area contributed by atoms with Gasteiger partial charge in [-0.1, -0.05) is 0 Å². The van der Waals surface area contributed by atoms with Gasteiger partial charge in [-0.25, -0.2) is 8.42 Å². The first-order valence-corrected chi connectivity index (χ1v) is 8.80. The number of rotatable bonds is 4. The van der Waals surface area contributed by atoms with E-state index in [2.05, 4.69) is 5.10 Å². The summed E-state index contributed by atoms with van der Waals surface area (Å²) in [5.41, 5.74) is 1.11. The SMILES string of the molecule is Cc1nn(CCO)c(C)c1S(=O)(=O)N1CCSCC1. The molecule has 1 fully saturated rings. The van der Waals surface area contributed by atoms with Crippen molar-refractivity contribution in [2.45, 2.75) is 25.3 Å². The molecule has 1 aromatic rings. The van der Waals surface area contributed by atoms with Gasteiger partial charge in [-0.05, 0) is 13.8 Å². The summed E-state index contributed by atoms with van der Waals surface area (Å²) in [5, 5.41) is 13.2. The van der Waals surface area contributed by atoms with Gasteiger partial charge in [-0.3, -0.25) is 4.68 Å². The van der Waals surface area contributed by atoms with Crippen molar-refractivity contribution in [1.82, 2.24) is 14.1 Å². The minimum atomic E-state index is -3.47. The lowest BCUT2D eigenvalue weighted by atomic mass is 10.4. The van der Waals surface area contributed by atoms with Gasteiger partial charge in [0.1, 0.15) is 4.90 Å². The Morgan fingerprint density at radius 2 is 1.95 bits per heavy atom. The van der Waals surface area contributed by atoms with E-state index < -0.39 is 10.0 Å². The van der Waals surface area contributed by atoms with Crippen LogP contribution in [0.3, 0.4) is 0 Å². The summed E-state index contributed by atoms with van der Waals surface area (Å²) >= 11 is 1.77. The minimum Gasteiger partial charge on any atom is -0.394 e. The molecule has 0 atom stereocenters. The van der Waals surface area contributed by atoms with Crippen molar-refractivity contribution in [2.75, 3.05) is 31.2 Å². The lowest BCUT2D eigenvalue weighted by Crippen LogP contribution is -2.38. The molecule has 1 aliphatic heterocycles. The van der Waals surface area contributed by atoms with Crippen LogP contribution >= 0.6 is 11.8 Å². The zero-order valence-electron chi connectivity index (χ0n) is 11.2. The standard InChI is InChI=1S/C11H19N3O3S2/c1-9-11(10(2)14(12-9)3-6-15)19(16,17)13-4-7-18-8-5-13/h15H,3-8H2,1-2H3. The van der Waals surface area contributed by atoms with Crippen LogP contribution in [-0.2, 0) is 16.6 Å². The molecule has 0 amide bonds. The molecule has 1 aromatic heterocycles. The van der Waals surface area contributed by atoms with Crippen molar-refractivity contribution >= 4 is 21.8 Å². The molecular formula is C11H19N3O3S2. The van der Waals surface area contributed by atoms with E-state index >= 15 is 0 Å². The smallest absolute Gasteiger partial charge is 0.246 e.